The summed E-state index contributed by atoms with van der Waals surface area (Å²) in [5.41, 5.74) is 0. The van der Waals surface area contributed by atoms with E-state index in [9.17, 15) is 13.2 Å². The van der Waals surface area contributed by atoms with Gasteiger partial charge in [-0.05, 0) is 19.4 Å². The van der Waals surface area contributed by atoms with E-state index in [1.807, 2.05) is 6.92 Å². The van der Waals surface area contributed by atoms with Gasteiger partial charge in [0.25, 0.3) is 15.0 Å². The molecule has 0 spiro atoms. The van der Waals surface area contributed by atoms with Crippen molar-refractivity contribution in [3.05, 3.63) is 18.5 Å². The first-order chi connectivity index (χ1) is 10.4. The molecule has 0 aliphatic heterocycles. The number of sulfone groups is 1. The molecule has 0 fully saturated rings. The molecule has 124 valence electrons. The van der Waals surface area contributed by atoms with Gasteiger partial charge in [-0.2, -0.15) is 0 Å². The van der Waals surface area contributed by atoms with Crippen LogP contribution in [0.5, 0.6) is 0 Å². The summed E-state index contributed by atoms with van der Waals surface area (Å²) in [4.78, 5) is 19.0. The van der Waals surface area contributed by atoms with E-state index in [1.54, 1.807) is 0 Å². The van der Waals surface area contributed by atoms with E-state index < -0.39 is 32.4 Å². The summed E-state index contributed by atoms with van der Waals surface area (Å²) in [6.45, 7) is 3.36. The predicted molar refractivity (Wildman–Crippen MR) is 78.4 cm³/mol. The van der Waals surface area contributed by atoms with Gasteiger partial charge >= 0.3 is 11.0 Å². The highest BCUT2D eigenvalue weighted by atomic mass is 32.2. The average molecular weight is 332 g/mol. The third kappa shape index (κ3) is 4.00. The van der Waals surface area contributed by atoms with Crippen molar-refractivity contribution in [3.63, 3.8) is 0 Å². The van der Waals surface area contributed by atoms with Gasteiger partial charge in [0.05, 0.1) is 6.61 Å². The number of carbonyl (C=O) groups excluding carboxylic acids is 1. The van der Waals surface area contributed by atoms with Crippen molar-refractivity contribution < 1.29 is 22.3 Å². The zero-order chi connectivity index (χ0) is 16.6. The van der Waals surface area contributed by atoms with Crippen molar-refractivity contribution >= 4 is 15.8 Å². The predicted octanol–water partition coefficient (Wildman–Crippen LogP) is 2.45. The fourth-order valence-corrected chi connectivity index (χ4v) is 3.31. The van der Waals surface area contributed by atoms with Gasteiger partial charge in [-0.1, -0.05) is 26.2 Å². The standard InChI is InChI=1S/C14H21FN2O4S/c1-3-5-6-7-9-14(15,12(18)21-4-2)22(19,20)13-16-10-8-11-17-13/h8,10-11H,3-7,9H2,1-2H3. The number of hydrogen-bond acceptors (Lipinski definition) is 6. The van der Waals surface area contributed by atoms with Gasteiger partial charge in [-0.3, -0.25) is 0 Å². The van der Waals surface area contributed by atoms with Crippen LogP contribution in [0.4, 0.5) is 4.39 Å². The molecule has 6 nitrogen and oxygen atoms in total. The molecule has 0 aliphatic carbocycles. The Kier molecular flexibility index (Phi) is 6.86. The summed E-state index contributed by atoms with van der Waals surface area (Å²) < 4.78 is 44.6. The van der Waals surface area contributed by atoms with Gasteiger partial charge in [0.2, 0.25) is 0 Å². The van der Waals surface area contributed by atoms with Gasteiger partial charge < -0.3 is 4.74 Å². The number of esters is 1. The number of rotatable bonds is 9. The van der Waals surface area contributed by atoms with Crippen molar-refractivity contribution in [1.29, 1.82) is 0 Å². The third-order valence-corrected chi connectivity index (χ3v) is 5.05. The minimum Gasteiger partial charge on any atom is -0.463 e. The molecular weight excluding hydrogens is 311 g/mol. The van der Waals surface area contributed by atoms with E-state index >= 15 is 4.39 Å². The summed E-state index contributed by atoms with van der Waals surface area (Å²) >= 11 is 0. The minimum absolute atomic E-state index is 0.107. The highest BCUT2D eigenvalue weighted by molar-refractivity contribution is 7.93. The second-order valence-electron chi connectivity index (χ2n) is 4.79. The summed E-state index contributed by atoms with van der Waals surface area (Å²) in [5, 5.41) is -3.86. The number of hydrogen-bond donors (Lipinski definition) is 0. The van der Waals surface area contributed by atoms with E-state index in [-0.39, 0.29) is 13.0 Å². The van der Waals surface area contributed by atoms with Gasteiger partial charge in [-0.15, -0.1) is 0 Å². The fourth-order valence-electron chi connectivity index (χ4n) is 1.93. The summed E-state index contributed by atoms with van der Waals surface area (Å²) in [7, 11) is -4.67. The molecule has 0 saturated carbocycles. The van der Waals surface area contributed by atoms with Gasteiger partial charge in [0, 0.05) is 18.8 Å². The van der Waals surface area contributed by atoms with Gasteiger partial charge in [0.15, 0.2) is 0 Å². The van der Waals surface area contributed by atoms with E-state index in [1.165, 1.54) is 25.4 Å². The lowest BCUT2D eigenvalue weighted by Gasteiger charge is -2.22. The first-order valence-electron chi connectivity index (χ1n) is 7.28. The zero-order valence-electron chi connectivity index (χ0n) is 12.8. The van der Waals surface area contributed by atoms with E-state index in [0.717, 1.165) is 12.8 Å². The number of aromatic nitrogens is 2. The number of carbonyl (C=O) groups is 1. The highest BCUT2D eigenvalue weighted by Crippen LogP contribution is 2.32. The number of nitrogens with zero attached hydrogens (tertiary/aromatic N) is 2. The fraction of sp³-hybridized carbons (Fsp3) is 0.643. The molecule has 22 heavy (non-hydrogen) atoms. The Morgan fingerprint density at radius 1 is 1.23 bits per heavy atom. The Hall–Kier alpha value is -1.57. The maximum absolute atomic E-state index is 15.1. The highest BCUT2D eigenvalue weighted by Gasteiger charge is 2.54. The maximum atomic E-state index is 15.1. The molecule has 8 heteroatoms. The van der Waals surface area contributed by atoms with Crippen LogP contribution < -0.4 is 0 Å². The molecule has 0 radical (unpaired) electrons. The van der Waals surface area contributed by atoms with Crippen LogP contribution in [0, 0.1) is 0 Å². The summed E-state index contributed by atoms with van der Waals surface area (Å²) in [5.74, 6) is -1.40. The molecule has 1 rings (SSSR count). The SMILES string of the molecule is CCCCCCC(F)(C(=O)OCC)S(=O)(=O)c1ncccn1. The smallest absolute Gasteiger partial charge is 0.360 e. The van der Waals surface area contributed by atoms with Crippen LogP contribution in [0.25, 0.3) is 0 Å². The number of ether oxygens (including phenoxy) is 1. The number of halogens is 1. The van der Waals surface area contributed by atoms with Gasteiger partial charge in [-0.25, -0.2) is 27.6 Å². The second-order valence-corrected chi connectivity index (χ2v) is 6.81. The molecule has 0 N–H and O–H groups in total. The molecule has 1 unspecified atom stereocenters. The van der Waals surface area contributed by atoms with Crippen molar-refractivity contribution in [1.82, 2.24) is 9.97 Å². The number of unbranched alkanes of at least 4 members (excludes halogenated alkanes) is 3. The molecule has 0 aromatic carbocycles. The minimum atomic E-state index is -4.67. The summed E-state index contributed by atoms with van der Waals surface area (Å²) in [6.07, 6.45) is 4.54. The van der Waals surface area contributed by atoms with Crippen LogP contribution in [0.2, 0.25) is 0 Å². The topological polar surface area (TPSA) is 86.2 Å². The average Bonchev–Trinajstić information content (AvgIpc) is 2.52. The Morgan fingerprint density at radius 2 is 1.86 bits per heavy atom. The van der Waals surface area contributed by atoms with Crippen molar-refractivity contribution in [2.45, 2.75) is 56.1 Å². The molecule has 1 heterocycles. The molecule has 0 saturated heterocycles. The van der Waals surface area contributed by atoms with Crippen LogP contribution in [0.3, 0.4) is 0 Å². The van der Waals surface area contributed by atoms with Crippen molar-refractivity contribution in [2.75, 3.05) is 6.61 Å². The lowest BCUT2D eigenvalue weighted by molar-refractivity contribution is -0.152. The van der Waals surface area contributed by atoms with Gasteiger partial charge in [0.1, 0.15) is 0 Å². The van der Waals surface area contributed by atoms with E-state index in [0.29, 0.717) is 6.42 Å². The molecule has 1 aromatic rings. The lowest BCUT2D eigenvalue weighted by Crippen LogP contribution is -2.44. The second kappa shape index (κ2) is 8.17. The van der Waals surface area contributed by atoms with Crippen LogP contribution >= 0.6 is 0 Å². The quantitative estimate of drug-likeness (QED) is 0.392. The van der Waals surface area contributed by atoms with E-state index in [2.05, 4.69) is 14.7 Å². The largest absolute Gasteiger partial charge is 0.463 e. The maximum Gasteiger partial charge on any atom is 0.360 e. The molecule has 0 aliphatic rings. The summed E-state index contributed by atoms with van der Waals surface area (Å²) in [6, 6.07) is 1.41. The van der Waals surface area contributed by atoms with Crippen LogP contribution in [0.15, 0.2) is 23.6 Å². The molecule has 0 amide bonds. The molecule has 1 aromatic heterocycles. The Morgan fingerprint density at radius 3 is 2.41 bits per heavy atom. The molecule has 1 atom stereocenters. The van der Waals surface area contributed by atoms with Crippen molar-refractivity contribution in [2.24, 2.45) is 0 Å². The first-order valence-corrected chi connectivity index (χ1v) is 8.76. The number of alkyl halides is 1. The third-order valence-electron chi connectivity index (χ3n) is 3.14. The monoisotopic (exact) mass is 332 g/mol. The molecular formula is C14H21FN2O4S. The zero-order valence-corrected chi connectivity index (χ0v) is 13.6. The first kappa shape index (κ1) is 18.5. The Labute approximate surface area is 130 Å². The van der Waals surface area contributed by atoms with Crippen LogP contribution in [-0.4, -0.2) is 36.0 Å². The van der Waals surface area contributed by atoms with Crippen LogP contribution in [-0.2, 0) is 19.4 Å². The normalized spacial score (nSPS) is 14.3. The Balaban J connectivity index is 3.11. The van der Waals surface area contributed by atoms with Crippen LogP contribution in [0.1, 0.15) is 46.0 Å². The van der Waals surface area contributed by atoms with Crippen molar-refractivity contribution in [3.8, 4) is 0 Å². The van der Waals surface area contributed by atoms with E-state index in [4.69, 9.17) is 0 Å². The molecule has 0 bridgehead atoms. The Bertz CT molecular complexity index is 580. The lowest BCUT2D eigenvalue weighted by atomic mass is 10.1.